The molecule has 0 spiro atoms. The number of hydrogen-bond acceptors (Lipinski definition) is 3. The van der Waals surface area contributed by atoms with E-state index in [4.69, 9.17) is 10.5 Å². The first-order valence-corrected chi connectivity index (χ1v) is 6.62. The van der Waals surface area contributed by atoms with E-state index in [0.29, 0.717) is 26.0 Å². The van der Waals surface area contributed by atoms with E-state index in [1.165, 1.54) is 5.56 Å². The Kier molecular flexibility index (Phi) is 5.83. The van der Waals surface area contributed by atoms with Crippen molar-refractivity contribution >= 4 is 5.91 Å². The summed E-state index contributed by atoms with van der Waals surface area (Å²) in [5.74, 6) is 0.870. The average molecular weight is 264 g/mol. The Balaban J connectivity index is 2.15. The molecule has 4 nitrogen and oxygen atoms in total. The van der Waals surface area contributed by atoms with Gasteiger partial charge in [-0.3, -0.25) is 4.79 Å². The van der Waals surface area contributed by atoms with Crippen LogP contribution < -0.4 is 15.8 Å². The summed E-state index contributed by atoms with van der Waals surface area (Å²) in [6.45, 7) is 6.82. The Hall–Kier alpha value is -1.55. The van der Waals surface area contributed by atoms with E-state index in [9.17, 15) is 4.79 Å². The van der Waals surface area contributed by atoms with E-state index in [-0.39, 0.29) is 11.4 Å². The molecule has 1 aromatic rings. The highest BCUT2D eigenvalue weighted by atomic mass is 16.5. The number of amides is 1. The van der Waals surface area contributed by atoms with Gasteiger partial charge in [-0.2, -0.15) is 0 Å². The van der Waals surface area contributed by atoms with Crippen molar-refractivity contribution in [3.8, 4) is 5.75 Å². The molecule has 0 saturated heterocycles. The van der Waals surface area contributed by atoms with E-state index in [0.717, 1.165) is 5.75 Å². The van der Waals surface area contributed by atoms with Crippen LogP contribution in [0.5, 0.6) is 5.75 Å². The van der Waals surface area contributed by atoms with Crippen LogP contribution in [0.1, 0.15) is 32.3 Å². The summed E-state index contributed by atoms with van der Waals surface area (Å²) < 4.78 is 5.58. The number of rotatable bonds is 7. The van der Waals surface area contributed by atoms with Crippen molar-refractivity contribution in [3.05, 3.63) is 29.8 Å². The van der Waals surface area contributed by atoms with Gasteiger partial charge < -0.3 is 15.8 Å². The summed E-state index contributed by atoms with van der Waals surface area (Å²) in [6, 6.07) is 7.89. The van der Waals surface area contributed by atoms with Crippen LogP contribution in [-0.2, 0) is 4.79 Å². The lowest BCUT2D eigenvalue weighted by molar-refractivity contribution is -0.121. The molecule has 1 aromatic carbocycles. The second-order valence-corrected chi connectivity index (χ2v) is 5.53. The first-order chi connectivity index (χ1) is 8.87. The maximum Gasteiger partial charge on any atom is 0.220 e. The molecule has 0 aliphatic heterocycles. The summed E-state index contributed by atoms with van der Waals surface area (Å²) >= 11 is 0. The van der Waals surface area contributed by atoms with Gasteiger partial charge in [-0.05, 0) is 44.9 Å². The van der Waals surface area contributed by atoms with Crippen molar-refractivity contribution in [3.63, 3.8) is 0 Å². The topological polar surface area (TPSA) is 64.3 Å². The molecule has 0 aliphatic carbocycles. The monoisotopic (exact) mass is 264 g/mol. The maximum atomic E-state index is 11.5. The summed E-state index contributed by atoms with van der Waals surface area (Å²) in [5, 5.41) is 2.81. The van der Waals surface area contributed by atoms with Crippen LogP contribution in [0.3, 0.4) is 0 Å². The van der Waals surface area contributed by atoms with Crippen LogP contribution in [0.2, 0.25) is 0 Å². The molecule has 0 bridgehead atoms. The van der Waals surface area contributed by atoms with Crippen LogP contribution in [0.15, 0.2) is 24.3 Å². The minimum atomic E-state index is -0.367. The van der Waals surface area contributed by atoms with E-state index in [1.807, 2.05) is 45.0 Å². The third-order valence-corrected chi connectivity index (χ3v) is 2.55. The molecule has 3 N–H and O–H groups in total. The van der Waals surface area contributed by atoms with Gasteiger partial charge in [0.15, 0.2) is 0 Å². The highest BCUT2D eigenvalue weighted by Gasteiger charge is 2.11. The molecule has 1 amide bonds. The molecule has 0 aliphatic rings. The number of carbonyl (C=O) groups excluding carboxylic acids is 1. The number of aryl methyl sites for hydroxylation is 1. The number of carbonyl (C=O) groups is 1. The van der Waals surface area contributed by atoms with Crippen molar-refractivity contribution in [1.82, 2.24) is 5.32 Å². The van der Waals surface area contributed by atoms with Crippen LogP contribution in [-0.4, -0.2) is 24.6 Å². The number of nitrogens with one attached hydrogen (secondary N) is 1. The molecule has 0 atom stereocenters. The van der Waals surface area contributed by atoms with E-state index < -0.39 is 0 Å². The van der Waals surface area contributed by atoms with Crippen LogP contribution >= 0.6 is 0 Å². The van der Waals surface area contributed by atoms with Gasteiger partial charge in [0.2, 0.25) is 5.91 Å². The SMILES string of the molecule is Cc1cccc(OCCCC(=O)NCC(C)(C)N)c1. The summed E-state index contributed by atoms with van der Waals surface area (Å²) in [7, 11) is 0. The molecule has 0 fully saturated rings. The molecule has 0 heterocycles. The van der Waals surface area contributed by atoms with Crippen molar-refractivity contribution in [1.29, 1.82) is 0 Å². The van der Waals surface area contributed by atoms with Gasteiger partial charge in [0, 0.05) is 18.5 Å². The summed E-state index contributed by atoms with van der Waals surface area (Å²) in [4.78, 5) is 11.5. The molecule has 0 saturated carbocycles. The van der Waals surface area contributed by atoms with Gasteiger partial charge >= 0.3 is 0 Å². The van der Waals surface area contributed by atoms with Gasteiger partial charge in [0.25, 0.3) is 0 Å². The zero-order valence-corrected chi connectivity index (χ0v) is 12.0. The first kappa shape index (κ1) is 15.5. The van der Waals surface area contributed by atoms with E-state index >= 15 is 0 Å². The molecule has 0 aromatic heterocycles. The van der Waals surface area contributed by atoms with Crippen LogP contribution in [0.25, 0.3) is 0 Å². The molecule has 106 valence electrons. The Morgan fingerprint density at radius 3 is 2.79 bits per heavy atom. The zero-order chi connectivity index (χ0) is 14.3. The molecular formula is C15H24N2O2. The number of ether oxygens (including phenoxy) is 1. The minimum Gasteiger partial charge on any atom is -0.494 e. The molecule has 4 heteroatoms. The van der Waals surface area contributed by atoms with Crippen molar-refractivity contribution in [2.24, 2.45) is 5.73 Å². The van der Waals surface area contributed by atoms with Crippen LogP contribution in [0.4, 0.5) is 0 Å². The predicted molar refractivity (Wildman–Crippen MR) is 77.2 cm³/mol. The molecule has 19 heavy (non-hydrogen) atoms. The third-order valence-electron chi connectivity index (χ3n) is 2.55. The lowest BCUT2D eigenvalue weighted by atomic mass is 10.1. The third kappa shape index (κ3) is 7.47. The largest absolute Gasteiger partial charge is 0.494 e. The average Bonchev–Trinajstić information content (AvgIpc) is 2.31. The number of benzene rings is 1. The predicted octanol–water partition coefficient (Wildman–Crippen LogP) is 2.01. The van der Waals surface area contributed by atoms with Crippen molar-refractivity contribution in [2.45, 2.75) is 39.2 Å². The standard InChI is InChI=1S/C15H24N2O2/c1-12-6-4-7-13(10-12)19-9-5-8-14(18)17-11-15(2,3)16/h4,6-7,10H,5,8-9,11,16H2,1-3H3,(H,17,18). The smallest absolute Gasteiger partial charge is 0.220 e. The highest BCUT2D eigenvalue weighted by Crippen LogP contribution is 2.12. The maximum absolute atomic E-state index is 11.5. The van der Waals surface area contributed by atoms with Gasteiger partial charge in [-0.15, -0.1) is 0 Å². The highest BCUT2D eigenvalue weighted by molar-refractivity contribution is 5.75. The molecule has 0 unspecified atom stereocenters. The normalized spacial score (nSPS) is 11.2. The summed E-state index contributed by atoms with van der Waals surface area (Å²) in [5.41, 5.74) is 6.59. The van der Waals surface area contributed by atoms with Gasteiger partial charge in [0.05, 0.1) is 6.61 Å². The summed E-state index contributed by atoms with van der Waals surface area (Å²) in [6.07, 6.45) is 1.16. The molecular weight excluding hydrogens is 240 g/mol. The lowest BCUT2D eigenvalue weighted by Crippen LogP contribution is -2.45. The van der Waals surface area contributed by atoms with Gasteiger partial charge in [0.1, 0.15) is 5.75 Å². The second-order valence-electron chi connectivity index (χ2n) is 5.53. The Morgan fingerprint density at radius 1 is 1.42 bits per heavy atom. The fourth-order valence-corrected chi connectivity index (χ4v) is 1.54. The first-order valence-electron chi connectivity index (χ1n) is 6.62. The zero-order valence-electron chi connectivity index (χ0n) is 12.0. The Morgan fingerprint density at radius 2 is 2.16 bits per heavy atom. The van der Waals surface area contributed by atoms with Gasteiger partial charge in [-0.25, -0.2) is 0 Å². The quantitative estimate of drug-likeness (QED) is 0.740. The van der Waals surface area contributed by atoms with E-state index in [2.05, 4.69) is 5.32 Å². The fourth-order valence-electron chi connectivity index (χ4n) is 1.54. The van der Waals surface area contributed by atoms with Crippen molar-refractivity contribution < 1.29 is 9.53 Å². The van der Waals surface area contributed by atoms with Crippen molar-refractivity contribution in [2.75, 3.05) is 13.2 Å². The Bertz CT molecular complexity index is 411. The molecule has 1 rings (SSSR count). The lowest BCUT2D eigenvalue weighted by Gasteiger charge is -2.18. The minimum absolute atomic E-state index is 0.0198. The number of hydrogen-bond donors (Lipinski definition) is 2. The number of nitrogens with two attached hydrogens (primary N) is 1. The molecule has 0 radical (unpaired) electrons. The fraction of sp³-hybridized carbons (Fsp3) is 0.533. The van der Waals surface area contributed by atoms with Gasteiger partial charge in [-0.1, -0.05) is 12.1 Å². The van der Waals surface area contributed by atoms with E-state index in [1.54, 1.807) is 0 Å². The van der Waals surface area contributed by atoms with Crippen LogP contribution in [0, 0.1) is 6.92 Å². The second kappa shape index (κ2) is 7.14. The Labute approximate surface area is 115 Å².